The summed E-state index contributed by atoms with van der Waals surface area (Å²) in [4.78, 5) is 31.6. The van der Waals surface area contributed by atoms with Crippen LogP contribution in [0.15, 0.2) is 18.5 Å². The molecule has 26 heavy (non-hydrogen) atoms. The van der Waals surface area contributed by atoms with Crippen LogP contribution < -0.4 is 10.1 Å². The number of hydrogen-bond donors (Lipinski definition) is 1. The molecule has 3 amide bonds. The summed E-state index contributed by atoms with van der Waals surface area (Å²) in [6.07, 6.45) is 3.08. The van der Waals surface area contributed by atoms with Gasteiger partial charge in [0.15, 0.2) is 11.6 Å². The smallest absolute Gasteiger partial charge is 0.317 e. The number of ether oxygens (including phenoxy) is 1. The Bertz CT molecular complexity index is 818. The molecule has 0 saturated heterocycles. The lowest BCUT2D eigenvalue weighted by Crippen LogP contribution is -2.39. The van der Waals surface area contributed by atoms with Gasteiger partial charge in [0.05, 0.1) is 32.0 Å². The highest BCUT2D eigenvalue weighted by Crippen LogP contribution is 2.21. The van der Waals surface area contributed by atoms with Crippen LogP contribution in [0.1, 0.15) is 22.0 Å². The van der Waals surface area contributed by atoms with E-state index in [2.05, 4.69) is 20.5 Å². The lowest BCUT2D eigenvalue weighted by Gasteiger charge is -2.28. The number of nitrogens with zero attached hydrogens (tertiary/aromatic N) is 6. The van der Waals surface area contributed by atoms with Crippen molar-refractivity contribution in [2.24, 2.45) is 0 Å². The second kappa shape index (κ2) is 7.38. The zero-order valence-corrected chi connectivity index (χ0v) is 15.0. The van der Waals surface area contributed by atoms with E-state index in [1.54, 1.807) is 31.3 Å². The van der Waals surface area contributed by atoms with Crippen molar-refractivity contribution in [2.45, 2.75) is 19.6 Å². The lowest BCUT2D eigenvalue weighted by atomic mass is 10.2. The first-order valence-corrected chi connectivity index (χ1v) is 8.14. The molecule has 10 nitrogen and oxygen atoms in total. The van der Waals surface area contributed by atoms with E-state index in [0.717, 1.165) is 0 Å². The maximum Gasteiger partial charge on any atom is 0.317 e. The van der Waals surface area contributed by atoms with Gasteiger partial charge in [-0.3, -0.25) is 9.78 Å². The van der Waals surface area contributed by atoms with E-state index in [0.29, 0.717) is 42.6 Å². The van der Waals surface area contributed by atoms with Crippen LogP contribution in [0.25, 0.3) is 0 Å². The van der Waals surface area contributed by atoms with E-state index < -0.39 is 0 Å². The fourth-order valence-electron chi connectivity index (χ4n) is 2.72. The highest BCUT2D eigenvalue weighted by Gasteiger charge is 2.27. The minimum absolute atomic E-state index is 0.138. The molecule has 138 valence electrons. The minimum atomic E-state index is -0.195. The van der Waals surface area contributed by atoms with Crippen LogP contribution in [-0.4, -0.2) is 69.2 Å². The molecule has 1 N–H and O–H groups in total. The number of nitrogens with one attached hydrogen (secondary N) is 1. The Morgan fingerprint density at radius 3 is 2.85 bits per heavy atom. The molecule has 0 radical (unpaired) electrons. The average Bonchev–Trinajstić information content (AvgIpc) is 3.07. The van der Waals surface area contributed by atoms with Crippen LogP contribution in [0, 0.1) is 0 Å². The van der Waals surface area contributed by atoms with Gasteiger partial charge in [0.25, 0.3) is 5.91 Å². The molecule has 0 bridgehead atoms. The van der Waals surface area contributed by atoms with Gasteiger partial charge >= 0.3 is 6.03 Å². The standard InChI is InChI=1S/C16H21N7O3/c1-21(2)16(25)18-9-13-19-20-14-10-22(6-7-23(13)14)15(24)11-4-5-17-8-12(11)26-3/h4-5,8H,6-7,9-10H2,1-3H3,(H,18,25). The van der Waals surface area contributed by atoms with Crippen LogP contribution in [0.5, 0.6) is 5.75 Å². The fourth-order valence-corrected chi connectivity index (χ4v) is 2.72. The summed E-state index contributed by atoms with van der Waals surface area (Å²) in [7, 11) is 4.85. The molecule has 10 heteroatoms. The number of methoxy groups -OCH3 is 1. The quantitative estimate of drug-likeness (QED) is 0.831. The van der Waals surface area contributed by atoms with Crippen molar-refractivity contribution < 1.29 is 14.3 Å². The molecule has 3 heterocycles. The first kappa shape index (κ1) is 17.6. The summed E-state index contributed by atoms with van der Waals surface area (Å²) < 4.78 is 7.15. The van der Waals surface area contributed by atoms with Crippen LogP contribution >= 0.6 is 0 Å². The van der Waals surface area contributed by atoms with Crippen LogP contribution in [0.3, 0.4) is 0 Å². The molecule has 0 atom stereocenters. The van der Waals surface area contributed by atoms with Crippen molar-refractivity contribution in [1.29, 1.82) is 0 Å². The zero-order valence-electron chi connectivity index (χ0n) is 15.0. The molecule has 0 aliphatic carbocycles. The van der Waals surface area contributed by atoms with Crippen molar-refractivity contribution in [3.05, 3.63) is 35.7 Å². The molecule has 0 unspecified atom stereocenters. The van der Waals surface area contributed by atoms with E-state index in [1.165, 1.54) is 18.2 Å². The number of urea groups is 1. The Morgan fingerprint density at radius 2 is 2.12 bits per heavy atom. The first-order valence-electron chi connectivity index (χ1n) is 8.14. The van der Waals surface area contributed by atoms with Crippen molar-refractivity contribution in [3.63, 3.8) is 0 Å². The molecule has 0 saturated carbocycles. The topological polar surface area (TPSA) is 105 Å². The third-order valence-corrected chi connectivity index (χ3v) is 4.16. The average molecular weight is 359 g/mol. The number of rotatable bonds is 4. The number of amides is 3. The number of fused-ring (bicyclic) bond motifs is 1. The Morgan fingerprint density at radius 1 is 1.31 bits per heavy atom. The van der Waals surface area contributed by atoms with Crippen molar-refractivity contribution in [1.82, 2.24) is 34.9 Å². The van der Waals surface area contributed by atoms with Crippen molar-refractivity contribution in [3.8, 4) is 5.75 Å². The van der Waals surface area contributed by atoms with Gasteiger partial charge in [0.1, 0.15) is 5.75 Å². The summed E-state index contributed by atoms with van der Waals surface area (Å²) in [5, 5.41) is 11.1. The summed E-state index contributed by atoms with van der Waals surface area (Å²) in [5.74, 6) is 1.66. The van der Waals surface area contributed by atoms with Gasteiger partial charge in [0, 0.05) is 33.4 Å². The summed E-state index contributed by atoms with van der Waals surface area (Å²) in [6, 6.07) is 1.45. The predicted molar refractivity (Wildman–Crippen MR) is 91.5 cm³/mol. The number of aromatic nitrogens is 4. The lowest BCUT2D eigenvalue weighted by molar-refractivity contribution is 0.0703. The second-order valence-electron chi connectivity index (χ2n) is 6.04. The monoisotopic (exact) mass is 359 g/mol. The van der Waals surface area contributed by atoms with Crippen LogP contribution in [0.2, 0.25) is 0 Å². The highest BCUT2D eigenvalue weighted by atomic mass is 16.5. The molecular formula is C16H21N7O3. The Balaban J connectivity index is 1.71. The number of carbonyl (C=O) groups is 2. The van der Waals surface area contributed by atoms with Gasteiger partial charge < -0.3 is 24.4 Å². The number of hydrogen-bond acceptors (Lipinski definition) is 6. The Labute approximate surface area is 150 Å². The van der Waals surface area contributed by atoms with Gasteiger partial charge in [-0.15, -0.1) is 10.2 Å². The van der Waals surface area contributed by atoms with Crippen molar-refractivity contribution in [2.75, 3.05) is 27.7 Å². The third kappa shape index (κ3) is 3.44. The largest absolute Gasteiger partial charge is 0.494 e. The SMILES string of the molecule is COc1cnccc1C(=O)N1CCn2c(CNC(=O)N(C)C)nnc2C1. The predicted octanol–water partition coefficient (Wildman–Crippen LogP) is 0.109. The summed E-state index contributed by atoms with van der Waals surface area (Å²) in [6.45, 7) is 1.72. The van der Waals surface area contributed by atoms with Gasteiger partial charge in [-0.05, 0) is 6.07 Å². The molecule has 0 fully saturated rings. The highest BCUT2D eigenvalue weighted by molar-refractivity contribution is 5.96. The molecule has 0 aromatic carbocycles. The van der Waals surface area contributed by atoms with Gasteiger partial charge in [-0.1, -0.05) is 0 Å². The Hall–Kier alpha value is -3.17. The number of carbonyl (C=O) groups excluding carboxylic acids is 2. The van der Waals surface area contributed by atoms with E-state index in [1.807, 2.05) is 4.57 Å². The Kier molecular flexibility index (Phi) is 5.01. The molecule has 2 aromatic heterocycles. The van der Waals surface area contributed by atoms with Crippen LogP contribution in [0.4, 0.5) is 4.79 Å². The second-order valence-corrected chi connectivity index (χ2v) is 6.04. The molecule has 0 spiro atoms. The van der Waals surface area contributed by atoms with Gasteiger partial charge in [0.2, 0.25) is 0 Å². The molecule has 3 rings (SSSR count). The van der Waals surface area contributed by atoms with Gasteiger partial charge in [-0.25, -0.2) is 4.79 Å². The van der Waals surface area contributed by atoms with Crippen molar-refractivity contribution >= 4 is 11.9 Å². The van der Waals surface area contributed by atoms with Crippen LogP contribution in [-0.2, 0) is 19.6 Å². The summed E-state index contributed by atoms with van der Waals surface area (Å²) in [5.41, 5.74) is 0.467. The molecule has 1 aliphatic rings. The van der Waals surface area contributed by atoms with E-state index in [-0.39, 0.29) is 18.5 Å². The normalized spacial score (nSPS) is 13.1. The summed E-state index contributed by atoms with van der Waals surface area (Å²) >= 11 is 0. The van der Waals surface area contributed by atoms with E-state index in [9.17, 15) is 9.59 Å². The molecule has 1 aliphatic heterocycles. The first-order chi connectivity index (χ1) is 12.5. The molecular weight excluding hydrogens is 338 g/mol. The third-order valence-electron chi connectivity index (χ3n) is 4.16. The molecule has 2 aromatic rings. The maximum absolute atomic E-state index is 12.8. The van der Waals surface area contributed by atoms with Gasteiger partial charge in [-0.2, -0.15) is 0 Å². The number of pyridine rings is 1. The minimum Gasteiger partial charge on any atom is -0.494 e. The fraction of sp³-hybridized carbons (Fsp3) is 0.438. The zero-order chi connectivity index (χ0) is 18.7. The maximum atomic E-state index is 12.8. The van der Waals surface area contributed by atoms with E-state index >= 15 is 0 Å². The van der Waals surface area contributed by atoms with E-state index in [4.69, 9.17) is 4.74 Å².